The van der Waals surface area contributed by atoms with E-state index in [-0.39, 0.29) is 17.9 Å². The number of urea groups is 1. The molecule has 0 aliphatic carbocycles. The van der Waals surface area contributed by atoms with Crippen molar-refractivity contribution in [2.24, 2.45) is 5.73 Å². The van der Waals surface area contributed by atoms with Crippen LogP contribution in [0.25, 0.3) is 0 Å². The summed E-state index contributed by atoms with van der Waals surface area (Å²) in [5.74, 6) is -4.93. The molecule has 0 aliphatic heterocycles. The summed E-state index contributed by atoms with van der Waals surface area (Å²) in [6.45, 7) is 1.01. The van der Waals surface area contributed by atoms with Gasteiger partial charge in [0.2, 0.25) is 11.8 Å². The maximum atomic E-state index is 12.9. The van der Waals surface area contributed by atoms with Gasteiger partial charge in [0, 0.05) is 19.0 Å². The number of rotatable bonds is 10. The van der Waals surface area contributed by atoms with Crippen LogP contribution in [0.4, 0.5) is 4.79 Å². The number of hydrogen-bond acceptors (Lipinski definition) is 6. The Morgan fingerprint density at radius 3 is 2.11 bits per heavy atom. The van der Waals surface area contributed by atoms with Crippen LogP contribution in [0.5, 0.6) is 0 Å². The number of nitrogens with one attached hydrogen (secondary N) is 4. The fourth-order valence-electron chi connectivity index (χ4n) is 3.15. The van der Waals surface area contributed by atoms with Crippen LogP contribution in [0, 0.1) is 5.41 Å². The molecule has 2 rings (SSSR count). The monoisotopic (exact) mass is 498 g/mol. The lowest BCUT2D eigenvalue weighted by molar-refractivity contribution is -0.149. The lowest BCUT2D eigenvalue weighted by Crippen LogP contribution is -2.59. The van der Waals surface area contributed by atoms with Gasteiger partial charge in [-0.15, -0.1) is 0 Å². The predicted octanol–water partition coefficient (Wildman–Crippen LogP) is 0.319. The quantitative estimate of drug-likeness (QED) is 0.137. The zero-order valence-electron chi connectivity index (χ0n) is 19.2. The molecular weight excluding hydrogens is 472 g/mol. The standard InChI is InChI=1S/C23H26N6O7/c1-13(30)29(28-23(36)26-12-14-7-9-16(10-8-14)20(24)25)17(11-18(31)32)21(33)27-19(22(34)35)15-5-3-2-4-6-15/h2-10,17,19H,11-12H2,1H3,(H3,24,25)(H,27,33)(H,31,32)(H,34,35)(H2,26,28,36)/t17-,19-/m0/s1. The van der Waals surface area contributed by atoms with E-state index in [4.69, 9.17) is 11.1 Å². The Morgan fingerprint density at radius 1 is 1.00 bits per heavy atom. The highest BCUT2D eigenvalue weighted by atomic mass is 16.4. The molecule has 0 heterocycles. The molecule has 8 N–H and O–H groups in total. The molecule has 0 aromatic heterocycles. The van der Waals surface area contributed by atoms with Gasteiger partial charge in [-0.2, -0.15) is 0 Å². The minimum absolute atomic E-state index is 0.000647. The Bertz CT molecular complexity index is 1140. The molecular formula is C23H26N6O7. The van der Waals surface area contributed by atoms with Crippen molar-refractivity contribution in [2.45, 2.75) is 32.0 Å². The number of benzene rings is 2. The Balaban J connectivity index is 2.15. The fraction of sp³-hybridized carbons (Fsp3) is 0.217. The molecule has 13 nitrogen and oxygen atoms in total. The summed E-state index contributed by atoms with van der Waals surface area (Å²) in [5.41, 5.74) is 8.90. The number of hydrogen-bond donors (Lipinski definition) is 7. The zero-order chi connectivity index (χ0) is 26.8. The van der Waals surface area contributed by atoms with Crippen LogP contribution in [-0.2, 0) is 25.7 Å². The largest absolute Gasteiger partial charge is 0.481 e. The SMILES string of the molecule is CC(=O)N(NC(=O)NCc1ccc(C(=N)N)cc1)[C@@H](CC(=O)O)C(=O)N[C@H](C(=O)O)c1ccccc1. The van der Waals surface area contributed by atoms with E-state index in [0.717, 1.165) is 6.92 Å². The highest BCUT2D eigenvalue weighted by molar-refractivity contribution is 5.95. The number of hydrazine groups is 1. The van der Waals surface area contributed by atoms with Crippen LogP contribution in [0.2, 0.25) is 0 Å². The van der Waals surface area contributed by atoms with Crippen molar-refractivity contribution in [3.63, 3.8) is 0 Å². The smallest absolute Gasteiger partial charge is 0.333 e. The van der Waals surface area contributed by atoms with E-state index in [1.165, 1.54) is 12.1 Å². The molecule has 0 bridgehead atoms. The second kappa shape index (κ2) is 12.5. The molecule has 0 spiro atoms. The maximum Gasteiger partial charge on any atom is 0.333 e. The van der Waals surface area contributed by atoms with E-state index in [9.17, 15) is 34.2 Å². The average molecular weight is 498 g/mol. The van der Waals surface area contributed by atoms with Crippen molar-refractivity contribution in [1.82, 2.24) is 21.1 Å². The first kappa shape index (κ1) is 27.3. The summed E-state index contributed by atoms with van der Waals surface area (Å²) in [7, 11) is 0. The van der Waals surface area contributed by atoms with E-state index < -0.39 is 48.3 Å². The predicted molar refractivity (Wildman–Crippen MR) is 126 cm³/mol. The summed E-state index contributed by atoms with van der Waals surface area (Å²) in [6, 6.07) is 9.92. The van der Waals surface area contributed by atoms with Gasteiger partial charge < -0.3 is 26.6 Å². The number of carbonyl (C=O) groups excluding carboxylic acids is 3. The van der Waals surface area contributed by atoms with Gasteiger partial charge in [0.05, 0.1) is 6.42 Å². The molecule has 0 aliphatic rings. The van der Waals surface area contributed by atoms with Gasteiger partial charge in [-0.05, 0) is 11.1 Å². The van der Waals surface area contributed by atoms with Gasteiger partial charge in [-0.3, -0.25) is 19.8 Å². The number of amidine groups is 1. The number of nitrogen functional groups attached to an aromatic ring is 1. The molecule has 0 saturated carbocycles. The van der Waals surface area contributed by atoms with Gasteiger partial charge in [-0.1, -0.05) is 54.6 Å². The normalized spacial score (nSPS) is 11.9. The van der Waals surface area contributed by atoms with Crippen LogP contribution in [0.3, 0.4) is 0 Å². The van der Waals surface area contributed by atoms with Crippen LogP contribution in [0.1, 0.15) is 36.1 Å². The van der Waals surface area contributed by atoms with Gasteiger partial charge in [-0.25, -0.2) is 20.0 Å². The average Bonchev–Trinajstić information content (AvgIpc) is 2.83. The van der Waals surface area contributed by atoms with Gasteiger partial charge in [0.25, 0.3) is 0 Å². The third kappa shape index (κ3) is 7.83. The summed E-state index contributed by atoms with van der Waals surface area (Å²) in [5, 5.41) is 31.4. The van der Waals surface area contributed by atoms with E-state index in [1.807, 2.05) is 0 Å². The maximum absolute atomic E-state index is 12.9. The molecule has 190 valence electrons. The molecule has 0 unspecified atom stereocenters. The molecule has 13 heteroatoms. The van der Waals surface area contributed by atoms with Gasteiger partial charge in [0.15, 0.2) is 6.04 Å². The Labute approximate surface area is 205 Å². The molecule has 0 saturated heterocycles. The molecule has 2 aromatic rings. The number of carboxylic acid groups (broad SMARTS) is 2. The van der Waals surface area contributed by atoms with E-state index in [0.29, 0.717) is 16.1 Å². The van der Waals surface area contributed by atoms with Crippen molar-refractivity contribution < 1.29 is 34.2 Å². The van der Waals surface area contributed by atoms with Gasteiger partial charge >= 0.3 is 18.0 Å². The molecule has 0 fully saturated rings. The lowest BCUT2D eigenvalue weighted by Gasteiger charge is -2.30. The fourth-order valence-corrected chi connectivity index (χ4v) is 3.15. The number of aliphatic carboxylic acids is 2. The summed E-state index contributed by atoms with van der Waals surface area (Å²) < 4.78 is 0. The van der Waals surface area contributed by atoms with Crippen molar-refractivity contribution in [3.05, 3.63) is 71.3 Å². The van der Waals surface area contributed by atoms with Crippen LogP contribution in [0.15, 0.2) is 54.6 Å². The lowest BCUT2D eigenvalue weighted by atomic mass is 10.1. The Hall–Kier alpha value is -4.94. The van der Waals surface area contributed by atoms with Crippen molar-refractivity contribution in [1.29, 1.82) is 5.41 Å². The number of nitrogens with zero attached hydrogens (tertiary/aromatic N) is 1. The minimum atomic E-state index is -1.74. The molecule has 2 atom stereocenters. The minimum Gasteiger partial charge on any atom is -0.481 e. The van der Waals surface area contributed by atoms with Crippen LogP contribution >= 0.6 is 0 Å². The third-order valence-electron chi connectivity index (χ3n) is 4.93. The number of nitrogens with two attached hydrogens (primary N) is 1. The summed E-state index contributed by atoms with van der Waals surface area (Å²) >= 11 is 0. The summed E-state index contributed by atoms with van der Waals surface area (Å²) in [6.07, 6.45) is -0.903. The molecule has 36 heavy (non-hydrogen) atoms. The second-order valence-electron chi connectivity index (χ2n) is 7.60. The number of amides is 4. The topological polar surface area (TPSA) is 215 Å². The first-order chi connectivity index (χ1) is 17.0. The second-order valence-corrected chi connectivity index (χ2v) is 7.60. The third-order valence-corrected chi connectivity index (χ3v) is 4.93. The van der Waals surface area contributed by atoms with Crippen molar-refractivity contribution >= 4 is 35.6 Å². The van der Waals surface area contributed by atoms with E-state index in [1.54, 1.807) is 42.5 Å². The van der Waals surface area contributed by atoms with Gasteiger partial charge in [0.1, 0.15) is 11.9 Å². The Morgan fingerprint density at radius 2 is 1.61 bits per heavy atom. The number of carboxylic acids is 2. The molecule has 2 aromatic carbocycles. The van der Waals surface area contributed by atoms with E-state index in [2.05, 4.69) is 16.1 Å². The van der Waals surface area contributed by atoms with Crippen LogP contribution < -0.4 is 21.8 Å². The van der Waals surface area contributed by atoms with Crippen LogP contribution in [-0.4, -0.2) is 56.9 Å². The highest BCUT2D eigenvalue weighted by Crippen LogP contribution is 2.14. The van der Waals surface area contributed by atoms with Crippen molar-refractivity contribution in [2.75, 3.05) is 0 Å². The summed E-state index contributed by atoms with van der Waals surface area (Å²) in [4.78, 5) is 60.7. The first-order valence-electron chi connectivity index (χ1n) is 10.6. The zero-order valence-corrected chi connectivity index (χ0v) is 19.2. The highest BCUT2D eigenvalue weighted by Gasteiger charge is 2.34. The molecule has 0 radical (unpaired) electrons. The van der Waals surface area contributed by atoms with E-state index >= 15 is 0 Å². The first-order valence-corrected chi connectivity index (χ1v) is 10.6. The Kier molecular flexibility index (Phi) is 9.48. The molecule has 4 amide bonds. The van der Waals surface area contributed by atoms with Crippen molar-refractivity contribution in [3.8, 4) is 0 Å². The number of carbonyl (C=O) groups is 5.